The summed E-state index contributed by atoms with van der Waals surface area (Å²) in [5, 5.41) is 0.384. The monoisotopic (exact) mass is 264 g/mol. The van der Waals surface area contributed by atoms with Crippen molar-refractivity contribution in [2.45, 2.75) is 13.3 Å². The molecule has 0 spiro atoms. The first-order valence-corrected chi connectivity index (χ1v) is 6.09. The fourth-order valence-corrected chi connectivity index (χ4v) is 2.46. The Morgan fingerprint density at radius 3 is 2.78 bits per heavy atom. The summed E-state index contributed by atoms with van der Waals surface area (Å²) in [7, 11) is 1.52. The van der Waals surface area contributed by atoms with Gasteiger partial charge in [0.1, 0.15) is 11.5 Å². The lowest BCUT2D eigenvalue weighted by Crippen LogP contribution is -2.06. The number of thiazole rings is 1. The quantitative estimate of drug-likeness (QED) is 0.675. The van der Waals surface area contributed by atoms with Crippen LogP contribution in [0.1, 0.15) is 23.7 Å². The average Bonchev–Trinajstić information content (AvgIpc) is 2.66. The molecule has 0 saturated heterocycles. The van der Waals surface area contributed by atoms with Gasteiger partial charge in [0, 0.05) is 5.56 Å². The second-order valence-corrected chi connectivity index (χ2v) is 4.94. The summed E-state index contributed by atoms with van der Waals surface area (Å²) < 4.78 is 5.90. The summed E-state index contributed by atoms with van der Waals surface area (Å²) in [4.78, 5) is 27.1. The normalized spacial score (nSPS) is 10.6. The zero-order valence-electron chi connectivity index (χ0n) is 10.0. The van der Waals surface area contributed by atoms with Gasteiger partial charge in [-0.25, -0.2) is 4.98 Å². The highest BCUT2D eigenvalue weighted by atomic mass is 32.1. The predicted octanol–water partition coefficient (Wildman–Crippen LogP) is 2.05. The fourth-order valence-electron chi connectivity index (χ4n) is 1.67. The second-order valence-electron chi connectivity index (χ2n) is 3.88. The summed E-state index contributed by atoms with van der Waals surface area (Å²) in [6, 6.07) is 3.36. The molecular formula is C12H12N2O3S. The molecule has 2 aromatic rings. The lowest BCUT2D eigenvalue weighted by Gasteiger charge is -2.04. The van der Waals surface area contributed by atoms with Crippen molar-refractivity contribution in [2.24, 2.45) is 0 Å². The van der Waals surface area contributed by atoms with E-state index in [1.807, 2.05) is 0 Å². The molecule has 0 atom stereocenters. The number of anilines is 1. The Morgan fingerprint density at radius 2 is 2.17 bits per heavy atom. The number of hydrogen-bond donors (Lipinski definition) is 1. The van der Waals surface area contributed by atoms with Crippen molar-refractivity contribution in [1.29, 1.82) is 0 Å². The van der Waals surface area contributed by atoms with Crippen LogP contribution in [0.2, 0.25) is 0 Å². The van der Waals surface area contributed by atoms with Gasteiger partial charge >= 0.3 is 0 Å². The van der Waals surface area contributed by atoms with Crippen molar-refractivity contribution in [3.8, 4) is 5.75 Å². The van der Waals surface area contributed by atoms with E-state index in [9.17, 15) is 9.59 Å². The molecular weight excluding hydrogens is 252 g/mol. The Kier molecular flexibility index (Phi) is 3.29. The Bertz CT molecular complexity index is 634. The van der Waals surface area contributed by atoms with E-state index in [-0.39, 0.29) is 18.0 Å². The van der Waals surface area contributed by atoms with Gasteiger partial charge in [0.2, 0.25) is 0 Å². The highest BCUT2D eigenvalue weighted by Gasteiger charge is 2.17. The minimum absolute atomic E-state index is 0.139. The van der Waals surface area contributed by atoms with Gasteiger partial charge in [0.15, 0.2) is 10.9 Å². The maximum absolute atomic E-state index is 12.0. The molecule has 0 saturated carbocycles. The van der Waals surface area contributed by atoms with E-state index in [4.69, 9.17) is 10.5 Å². The molecule has 0 bridgehead atoms. The molecule has 2 N–H and O–H groups in total. The van der Waals surface area contributed by atoms with Gasteiger partial charge in [-0.2, -0.15) is 0 Å². The lowest BCUT2D eigenvalue weighted by atomic mass is 10.0. The maximum atomic E-state index is 12.0. The number of nitrogens with zero attached hydrogens (tertiary/aromatic N) is 1. The molecule has 0 amide bonds. The number of rotatable bonds is 4. The van der Waals surface area contributed by atoms with Gasteiger partial charge < -0.3 is 10.5 Å². The van der Waals surface area contributed by atoms with Gasteiger partial charge in [-0.15, -0.1) is 0 Å². The van der Waals surface area contributed by atoms with E-state index in [0.717, 1.165) is 4.70 Å². The van der Waals surface area contributed by atoms with Gasteiger partial charge in [0.05, 0.1) is 23.7 Å². The van der Waals surface area contributed by atoms with E-state index in [1.165, 1.54) is 25.4 Å². The molecule has 0 radical (unpaired) electrons. The first-order valence-electron chi connectivity index (χ1n) is 5.28. The number of Topliss-reactive ketones (excluding diaryl/α,β-unsaturated/α-hetero) is 2. The highest BCUT2D eigenvalue weighted by molar-refractivity contribution is 7.22. The number of hydrogen-bond acceptors (Lipinski definition) is 6. The van der Waals surface area contributed by atoms with Crippen molar-refractivity contribution in [2.75, 3.05) is 12.8 Å². The number of methoxy groups -OCH3 is 1. The number of fused-ring (bicyclic) bond motifs is 1. The van der Waals surface area contributed by atoms with E-state index in [1.54, 1.807) is 12.1 Å². The van der Waals surface area contributed by atoms with Gasteiger partial charge in [0.25, 0.3) is 0 Å². The van der Waals surface area contributed by atoms with Crippen LogP contribution in [0.5, 0.6) is 5.75 Å². The Hall–Kier alpha value is -1.95. The van der Waals surface area contributed by atoms with Gasteiger partial charge in [-0.3, -0.25) is 9.59 Å². The smallest absolute Gasteiger partial charge is 0.181 e. The predicted molar refractivity (Wildman–Crippen MR) is 70.2 cm³/mol. The van der Waals surface area contributed by atoms with Crippen molar-refractivity contribution in [3.05, 3.63) is 17.7 Å². The lowest BCUT2D eigenvalue weighted by molar-refractivity contribution is -0.116. The fraction of sp³-hybridized carbons (Fsp3) is 0.250. The molecule has 0 fully saturated rings. The number of nitrogen functional groups attached to an aromatic ring is 1. The Morgan fingerprint density at radius 1 is 1.44 bits per heavy atom. The standard InChI is InChI=1S/C12H12N2O3S/c1-6(15)3-9(16)8-4-7(17-2)5-10-11(8)14-12(13)18-10/h4-5H,3H2,1-2H3,(H2,13,14). The number of ketones is 2. The second kappa shape index (κ2) is 4.73. The molecule has 94 valence electrons. The van der Waals surface area contributed by atoms with Crippen LogP contribution in [-0.4, -0.2) is 23.7 Å². The molecule has 1 aromatic carbocycles. The third-order valence-electron chi connectivity index (χ3n) is 2.43. The summed E-state index contributed by atoms with van der Waals surface area (Å²) in [5.41, 5.74) is 6.55. The van der Waals surface area contributed by atoms with Crippen LogP contribution in [0.4, 0.5) is 5.13 Å². The van der Waals surface area contributed by atoms with Crippen molar-refractivity contribution >= 4 is 38.3 Å². The molecule has 2 rings (SSSR count). The summed E-state index contributed by atoms with van der Waals surface area (Å²) in [6.45, 7) is 1.38. The topological polar surface area (TPSA) is 82.3 Å². The molecule has 5 nitrogen and oxygen atoms in total. The van der Waals surface area contributed by atoms with Crippen molar-refractivity contribution < 1.29 is 14.3 Å². The summed E-state index contributed by atoms with van der Waals surface area (Å²) in [6.07, 6.45) is -0.139. The molecule has 0 aliphatic carbocycles. The maximum Gasteiger partial charge on any atom is 0.181 e. The zero-order valence-corrected chi connectivity index (χ0v) is 10.8. The van der Waals surface area contributed by atoms with Gasteiger partial charge in [-0.05, 0) is 19.1 Å². The Balaban J connectivity index is 2.59. The van der Waals surface area contributed by atoms with Crippen LogP contribution in [0, 0.1) is 0 Å². The molecule has 1 heterocycles. The largest absolute Gasteiger partial charge is 0.497 e. The van der Waals surface area contributed by atoms with Crippen LogP contribution in [-0.2, 0) is 4.79 Å². The number of ether oxygens (including phenoxy) is 1. The Labute approximate surface area is 108 Å². The first-order chi connectivity index (χ1) is 8.51. The molecule has 18 heavy (non-hydrogen) atoms. The third kappa shape index (κ3) is 2.33. The first kappa shape index (κ1) is 12.5. The number of nitrogens with two attached hydrogens (primary N) is 1. The van der Waals surface area contributed by atoms with Crippen molar-refractivity contribution in [1.82, 2.24) is 4.98 Å². The van der Waals surface area contributed by atoms with E-state index in [2.05, 4.69) is 4.98 Å². The number of aromatic nitrogens is 1. The van der Waals surface area contributed by atoms with Crippen LogP contribution >= 0.6 is 11.3 Å². The highest BCUT2D eigenvalue weighted by Crippen LogP contribution is 2.31. The SMILES string of the molecule is COc1cc(C(=O)CC(C)=O)c2nc(N)sc2c1. The van der Waals surface area contributed by atoms with Gasteiger partial charge in [-0.1, -0.05) is 11.3 Å². The molecule has 0 aliphatic rings. The van der Waals surface area contributed by atoms with Crippen LogP contribution in [0.3, 0.4) is 0 Å². The van der Waals surface area contributed by atoms with E-state index in [0.29, 0.717) is 22.0 Å². The number of carbonyl (C=O) groups is 2. The van der Waals surface area contributed by atoms with E-state index < -0.39 is 0 Å². The molecule has 0 aliphatic heterocycles. The number of carbonyl (C=O) groups excluding carboxylic acids is 2. The average molecular weight is 264 g/mol. The molecule has 6 heteroatoms. The van der Waals surface area contributed by atoms with Crippen LogP contribution in [0.25, 0.3) is 10.2 Å². The van der Waals surface area contributed by atoms with Crippen LogP contribution in [0.15, 0.2) is 12.1 Å². The minimum atomic E-state index is -0.267. The third-order valence-corrected chi connectivity index (χ3v) is 3.26. The van der Waals surface area contributed by atoms with E-state index >= 15 is 0 Å². The number of benzene rings is 1. The minimum Gasteiger partial charge on any atom is -0.497 e. The van der Waals surface area contributed by atoms with Crippen molar-refractivity contribution in [3.63, 3.8) is 0 Å². The summed E-state index contributed by atoms with van der Waals surface area (Å²) in [5.74, 6) is 0.105. The zero-order chi connectivity index (χ0) is 13.3. The summed E-state index contributed by atoms with van der Waals surface area (Å²) >= 11 is 1.28. The molecule has 0 unspecified atom stereocenters. The molecule has 1 aromatic heterocycles. The van der Waals surface area contributed by atoms with Crippen LogP contribution < -0.4 is 10.5 Å².